The number of nitrogens with zero attached hydrogens (tertiary/aromatic N) is 3. The molecular formula is C17H20F2N4O. The minimum absolute atomic E-state index is 0.0869. The molecule has 2 heterocycles. The van der Waals surface area contributed by atoms with Gasteiger partial charge in [0.1, 0.15) is 5.82 Å². The Balaban J connectivity index is 1.60. The summed E-state index contributed by atoms with van der Waals surface area (Å²) < 4.78 is 26.4. The van der Waals surface area contributed by atoms with Gasteiger partial charge in [0.2, 0.25) is 0 Å². The summed E-state index contributed by atoms with van der Waals surface area (Å²) in [6.07, 6.45) is 1.18. The molecule has 7 heteroatoms. The van der Waals surface area contributed by atoms with E-state index in [1.807, 2.05) is 30.3 Å². The molecule has 0 unspecified atom stereocenters. The number of aromatic nitrogens is 2. The first-order valence-corrected chi connectivity index (χ1v) is 7.92. The van der Waals surface area contributed by atoms with Crippen molar-refractivity contribution in [1.82, 2.24) is 19.8 Å². The summed E-state index contributed by atoms with van der Waals surface area (Å²) in [5.74, 6) is -1.99. The van der Waals surface area contributed by atoms with Gasteiger partial charge in [-0.05, 0) is 5.56 Å². The first kappa shape index (κ1) is 16.4. The lowest BCUT2D eigenvalue weighted by atomic mass is 10.1. The number of aromatic amines is 1. The molecule has 1 fully saturated rings. The molecule has 1 aromatic carbocycles. The van der Waals surface area contributed by atoms with Crippen molar-refractivity contribution in [3.05, 3.63) is 42.4 Å². The molecule has 1 saturated heterocycles. The first-order valence-electron chi connectivity index (χ1n) is 7.92. The number of halogens is 2. The van der Waals surface area contributed by atoms with Gasteiger partial charge in [-0.3, -0.25) is 0 Å². The summed E-state index contributed by atoms with van der Waals surface area (Å²) in [6, 6.07) is 9.52. The number of imidazole rings is 1. The van der Waals surface area contributed by atoms with Crippen molar-refractivity contribution in [1.29, 1.82) is 0 Å². The number of hydrogen-bond acceptors (Lipinski definition) is 2. The number of carbonyl (C=O) groups excluding carboxylic acids is 1. The Morgan fingerprint density at radius 2 is 1.96 bits per heavy atom. The molecule has 128 valence electrons. The van der Waals surface area contributed by atoms with Crippen LogP contribution in [0.3, 0.4) is 0 Å². The Labute approximate surface area is 139 Å². The molecule has 0 spiro atoms. The van der Waals surface area contributed by atoms with E-state index in [1.165, 1.54) is 9.80 Å². The molecule has 2 aromatic rings. The summed E-state index contributed by atoms with van der Waals surface area (Å²) >= 11 is 0. The predicted octanol–water partition coefficient (Wildman–Crippen LogP) is 3.36. The predicted molar refractivity (Wildman–Crippen MR) is 86.6 cm³/mol. The zero-order chi connectivity index (χ0) is 17.2. The maximum atomic E-state index is 13.2. The average Bonchev–Trinajstić information content (AvgIpc) is 3.03. The number of amides is 2. The second-order valence-corrected chi connectivity index (χ2v) is 6.09. The molecule has 1 aliphatic heterocycles. The smallest absolute Gasteiger partial charge is 0.320 e. The van der Waals surface area contributed by atoms with Crippen LogP contribution in [-0.4, -0.2) is 51.9 Å². The lowest BCUT2D eigenvalue weighted by molar-refractivity contribution is -0.0489. The molecule has 0 aliphatic carbocycles. The van der Waals surface area contributed by atoms with Crippen LogP contribution in [0, 0.1) is 0 Å². The van der Waals surface area contributed by atoms with Gasteiger partial charge in [-0.15, -0.1) is 0 Å². The minimum Gasteiger partial charge on any atom is -0.341 e. The maximum Gasteiger partial charge on any atom is 0.320 e. The third-order valence-corrected chi connectivity index (χ3v) is 4.19. The fourth-order valence-electron chi connectivity index (χ4n) is 2.77. The molecule has 1 aromatic heterocycles. The zero-order valence-electron chi connectivity index (χ0n) is 13.5. The first-order chi connectivity index (χ1) is 11.4. The van der Waals surface area contributed by atoms with E-state index < -0.39 is 5.92 Å². The topological polar surface area (TPSA) is 52.2 Å². The monoisotopic (exact) mass is 334 g/mol. The largest absolute Gasteiger partial charge is 0.341 e. The fourth-order valence-corrected chi connectivity index (χ4v) is 2.77. The Hall–Kier alpha value is -2.44. The van der Waals surface area contributed by atoms with Gasteiger partial charge in [-0.1, -0.05) is 30.3 Å². The van der Waals surface area contributed by atoms with E-state index in [0.29, 0.717) is 12.4 Å². The molecule has 5 nitrogen and oxygen atoms in total. The Morgan fingerprint density at radius 1 is 1.29 bits per heavy atom. The SMILES string of the molecule is CN(Cc1ncc(-c2ccccc2)[nH]1)C(=O)N1CCC(F)(F)CC1. The van der Waals surface area contributed by atoms with Gasteiger partial charge in [0.15, 0.2) is 0 Å². The van der Waals surface area contributed by atoms with Crippen LogP contribution in [0.25, 0.3) is 11.3 Å². The number of likely N-dealkylation sites (tertiary alicyclic amines) is 1. The lowest BCUT2D eigenvalue weighted by Crippen LogP contribution is -2.47. The Morgan fingerprint density at radius 3 is 2.62 bits per heavy atom. The zero-order valence-corrected chi connectivity index (χ0v) is 13.5. The van der Waals surface area contributed by atoms with Gasteiger partial charge in [0.05, 0.1) is 18.4 Å². The molecule has 24 heavy (non-hydrogen) atoms. The molecule has 3 rings (SSSR count). The average molecular weight is 334 g/mol. The summed E-state index contributed by atoms with van der Waals surface area (Å²) in [7, 11) is 1.65. The van der Waals surface area contributed by atoms with E-state index in [-0.39, 0.29) is 32.0 Å². The van der Waals surface area contributed by atoms with Crippen LogP contribution in [0.5, 0.6) is 0 Å². The number of H-pyrrole nitrogens is 1. The lowest BCUT2D eigenvalue weighted by Gasteiger charge is -2.34. The normalized spacial score (nSPS) is 16.9. The second-order valence-electron chi connectivity index (χ2n) is 6.09. The minimum atomic E-state index is -2.65. The van der Waals surface area contributed by atoms with E-state index in [2.05, 4.69) is 9.97 Å². The van der Waals surface area contributed by atoms with Gasteiger partial charge in [0, 0.05) is 33.0 Å². The number of rotatable bonds is 3. The van der Waals surface area contributed by atoms with Crippen molar-refractivity contribution in [2.75, 3.05) is 20.1 Å². The highest BCUT2D eigenvalue weighted by Gasteiger charge is 2.36. The number of nitrogens with one attached hydrogen (secondary N) is 1. The molecular weight excluding hydrogens is 314 g/mol. The van der Waals surface area contributed by atoms with E-state index in [0.717, 1.165) is 11.3 Å². The maximum absolute atomic E-state index is 13.2. The van der Waals surface area contributed by atoms with E-state index in [1.54, 1.807) is 13.2 Å². The number of piperidine rings is 1. The third kappa shape index (κ3) is 3.72. The summed E-state index contributed by atoms with van der Waals surface area (Å²) in [5.41, 5.74) is 1.90. The standard InChI is InChI=1S/C17H20F2N4O/c1-22(16(24)23-9-7-17(18,19)8-10-23)12-15-20-11-14(21-15)13-5-3-2-4-6-13/h2-6,11H,7-10,12H2,1H3,(H,20,21). The van der Waals surface area contributed by atoms with Gasteiger partial charge in [-0.2, -0.15) is 0 Å². The molecule has 0 saturated carbocycles. The van der Waals surface area contributed by atoms with E-state index in [4.69, 9.17) is 0 Å². The van der Waals surface area contributed by atoms with Crippen LogP contribution in [0.2, 0.25) is 0 Å². The van der Waals surface area contributed by atoms with Gasteiger partial charge >= 0.3 is 6.03 Å². The van der Waals surface area contributed by atoms with Crippen LogP contribution in [0.4, 0.5) is 13.6 Å². The van der Waals surface area contributed by atoms with E-state index >= 15 is 0 Å². The van der Waals surface area contributed by atoms with Gasteiger partial charge < -0.3 is 14.8 Å². The number of urea groups is 1. The van der Waals surface area contributed by atoms with Crippen molar-refractivity contribution < 1.29 is 13.6 Å². The molecule has 0 atom stereocenters. The number of carbonyl (C=O) groups is 1. The van der Waals surface area contributed by atoms with Crippen molar-refractivity contribution >= 4 is 6.03 Å². The summed E-state index contributed by atoms with van der Waals surface area (Å²) in [6.45, 7) is 0.478. The Bertz CT molecular complexity index is 692. The summed E-state index contributed by atoms with van der Waals surface area (Å²) in [4.78, 5) is 22.8. The molecule has 1 N–H and O–H groups in total. The molecule has 2 amide bonds. The van der Waals surface area contributed by atoms with Crippen LogP contribution in [-0.2, 0) is 6.54 Å². The van der Waals surface area contributed by atoms with Crippen LogP contribution in [0.15, 0.2) is 36.5 Å². The van der Waals surface area contributed by atoms with Crippen molar-refractivity contribution in [2.45, 2.75) is 25.3 Å². The van der Waals surface area contributed by atoms with Crippen molar-refractivity contribution in [2.24, 2.45) is 0 Å². The van der Waals surface area contributed by atoms with Crippen molar-refractivity contribution in [3.63, 3.8) is 0 Å². The second kappa shape index (κ2) is 6.59. The fraction of sp³-hybridized carbons (Fsp3) is 0.412. The summed E-state index contributed by atoms with van der Waals surface area (Å²) in [5, 5.41) is 0. The highest BCUT2D eigenvalue weighted by Crippen LogP contribution is 2.28. The molecule has 0 bridgehead atoms. The van der Waals surface area contributed by atoms with Crippen LogP contribution >= 0.6 is 0 Å². The van der Waals surface area contributed by atoms with Gasteiger partial charge in [0.25, 0.3) is 5.92 Å². The quantitative estimate of drug-likeness (QED) is 0.936. The van der Waals surface area contributed by atoms with Crippen LogP contribution in [0.1, 0.15) is 18.7 Å². The van der Waals surface area contributed by atoms with Crippen LogP contribution < -0.4 is 0 Å². The van der Waals surface area contributed by atoms with Gasteiger partial charge in [-0.25, -0.2) is 18.6 Å². The number of alkyl halides is 2. The molecule has 1 aliphatic rings. The Kier molecular flexibility index (Phi) is 4.51. The number of benzene rings is 1. The highest BCUT2D eigenvalue weighted by atomic mass is 19.3. The van der Waals surface area contributed by atoms with Crippen molar-refractivity contribution in [3.8, 4) is 11.3 Å². The number of hydrogen-bond donors (Lipinski definition) is 1. The third-order valence-electron chi connectivity index (χ3n) is 4.19. The van der Waals surface area contributed by atoms with E-state index in [9.17, 15) is 13.6 Å². The highest BCUT2D eigenvalue weighted by molar-refractivity contribution is 5.74. The molecule has 0 radical (unpaired) electrons.